The van der Waals surface area contributed by atoms with E-state index < -0.39 is 4.92 Å². The van der Waals surface area contributed by atoms with Crippen molar-refractivity contribution in [2.45, 2.75) is 25.4 Å². The van der Waals surface area contributed by atoms with Gasteiger partial charge in [0.2, 0.25) is 0 Å². The Hall–Kier alpha value is -4.14. The van der Waals surface area contributed by atoms with Gasteiger partial charge < -0.3 is 19.5 Å². The smallest absolute Gasteiger partial charge is 0.269 e. The number of hydrogen-bond acceptors (Lipinski definition) is 6. The Kier molecular flexibility index (Phi) is 6.91. The number of nitrogens with zero attached hydrogens (tertiary/aromatic N) is 3. The Balaban J connectivity index is 1.36. The predicted molar refractivity (Wildman–Crippen MR) is 127 cm³/mol. The molecule has 2 amide bonds. The second kappa shape index (κ2) is 10.2. The van der Waals surface area contributed by atoms with Gasteiger partial charge in [0.1, 0.15) is 5.76 Å². The molecule has 0 atom stereocenters. The van der Waals surface area contributed by atoms with Crippen LogP contribution in [-0.2, 0) is 6.54 Å². The van der Waals surface area contributed by atoms with E-state index in [-0.39, 0.29) is 23.5 Å². The standard InChI is InChI=1S/C25H26N4O5/c1-27(17-21-5-4-16-34-21)25(31)22-6-2-3-7-23(22)28-14-12-19(13-15-28)26-24(30)18-8-10-20(11-9-18)29(32)33/h2-11,16,19H,12-15,17H2,1H3,(H,26,30). The van der Waals surface area contributed by atoms with Gasteiger partial charge in [0.25, 0.3) is 17.5 Å². The van der Waals surface area contributed by atoms with Crippen LogP contribution in [0.1, 0.15) is 39.3 Å². The number of para-hydroxylation sites is 1. The molecule has 176 valence electrons. The van der Waals surface area contributed by atoms with Crippen LogP contribution < -0.4 is 10.2 Å². The molecule has 1 saturated heterocycles. The quantitative estimate of drug-likeness (QED) is 0.422. The second-order valence-electron chi connectivity index (χ2n) is 8.30. The summed E-state index contributed by atoms with van der Waals surface area (Å²) in [5.41, 5.74) is 1.85. The summed E-state index contributed by atoms with van der Waals surface area (Å²) >= 11 is 0. The van der Waals surface area contributed by atoms with Crippen LogP contribution in [0, 0.1) is 10.1 Å². The van der Waals surface area contributed by atoms with Gasteiger partial charge in [-0.2, -0.15) is 0 Å². The molecule has 2 aromatic carbocycles. The number of carbonyl (C=O) groups excluding carboxylic acids is 2. The third kappa shape index (κ3) is 5.25. The number of nitro groups is 1. The van der Waals surface area contributed by atoms with Crippen molar-refractivity contribution in [1.82, 2.24) is 10.2 Å². The van der Waals surface area contributed by atoms with Crippen LogP contribution in [0.5, 0.6) is 0 Å². The molecule has 1 N–H and O–H groups in total. The monoisotopic (exact) mass is 462 g/mol. The highest BCUT2D eigenvalue weighted by molar-refractivity contribution is 5.99. The topological polar surface area (TPSA) is 109 Å². The van der Waals surface area contributed by atoms with Crippen LogP contribution in [0.3, 0.4) is 0 Å². The molecule has 9 nitrogen and oxygen atoms in total. The van der Waals surface area contributed by atoms with Crippen LogP contribution in [0.25, 0.3) is 0 Å². The third-order valence-electron chi connectivity index (χ3n) is 5.97. The van der Waals surface area contributed by atoms with Gasteiger partial charge in [-0.1, -0.05) is 12.1 Å². The van der Waals surface area contributed by atoms with E-state index in [2.05, 4.69) is 10.2 Å². The first kappa shape index (κ1) is 23.0. The SMILES string of the molecule is CN(Cc1ccco1)C(=O)c1ccccc1N1CCC(NC(=O)c2ccc([N+](=O)[O-])cc2)CC1. The van der Waals surface area contributed by atoms with Crippen molar-refractivity contribution in [3.63, 3.8) is 0 Å². The number of amides is 2. The normalized spacial score (nSPS) is 14.0. The van der Waals surface area contributed by atoms with E-state index in [1.807, 2.05) is 30.3 Å². The zero-order valence-electron chi connectivity index (χ0n) is 18.8. The van der Waals surface area contributed by atoms with Gasteiger partial charge in [-0.3, -0.25) is 19.7 Å². The molecule has 1 aliphatic rings. The molecule has 1 fully saturated rings. The van der Waals surface area contributed by atoms with Crippen molar-refractivity contribution in [2.24, 2.45) is 0 Å². The summed E-state index contributed by atoms with van der Waals surface area (Å²) < 4.78 is 5.36. The Labute approximate surface area is 197 Å². The van der Waals surface area contributed by atoms with Crippen LogP contribution in [0.2, 0.25) is 0 Å². The lowest BCUT2D eigenvalue weighted by Crippen LogP contribution is -2.45. The highest BCUT2D eigenvalue weighted by Gasteiger charge is 2.25. The molecule has 2 heterocycles. The van der Waals surface area contributed by atoms with Crippen molar-refractivity contribution in [1.29, 1.82) is 0 Å². The van der Waals surface area contributed by atoms with Crippen LogP contribution >= 0.6 is 0 Å². The summed E-state index contributed by atoms with van der Waals surface area (Å²) in [6.07, 6.45) is 3.04. The molecule has 3 aromatic rings. The average Bonchev–Trinajstić information content (AvgIpc) is 3.37. The Morgan fingerprint density at radius 1 is 1.09 bits per heavy atom. The molecule has 4 rings (SSSR count). The van der Waals surface area contributed by atoms with Gasteiger partial charge in [0.15, 0.2) is 0 Å². The first-order chi connectivity index (χ1) is 16.4. The van der Waals surface area contributed by atoms with Crippen LogP contribution in [0.15, 0.2) is 71.3 Å². The van der Waals surface area contributed by atoms with Gasteiger partial charge in [0.05, 0.1) is 23.3 Å². The van der Waals surface area contributed by atoms with Crippen molar-refractivity contribution in [3.05, 3.63) is 93.9 Å². The van der Waals surface area contributed by atoms with Crippen molar-refractivity contribution in [2.75, 3.05) is 25.0 Å². The molecule has 0 unspecified atom stereocenters. The fraction of sp³-hybridized carbons (Fsp3) is 0.280. The third-order valence-corrected chi connectivity index (χ3v) is 5.97. The summed E-state index contributed by atoms with van der Waals surface area (Å²) in [5.74, 6) is 0.391. The Morgan fingerprint density at radius 2 is 1.79 bits per heavy atom. The van der Waals surface area contributed by atoms with E-state index in [4.69, 9.17) is 4.42 Å². The first-order valence-corrected chi connectivity index (χ1v) is 11.1. The molecule has 9 heteroatoms. The number of benzene rings is 2. The van der Waals surface area contributed by atoms with Crippen LogP contribution in [0.4, 0.5) is 11.4 Å². The highest BCUT2D eigenvalue weighted by Crippen LogP contribution is 2.26. The molecule has 34 heavy (non-hydrogen) atoms. The minimum Gasteiger partial charge on any atom is -0.467 e. The fourth-order valence-corrected chi connectivity index (χ4v) is 4.11. The molecule has 1 aromatic heterocycles. The zero-order chi connectivity index (χ0) is 24.1. The second-order valence-corrected chi connectivity index (χ2v) is 8.30. The molecule has 0 aliphatic carbocycles. The number of hydrogen-bond donors (Lipinski definition) is 1. The summed E-state index contributed by atoms with van der Waals surface area (Å²) in [6.45, 7) is 1.77. The van der Waals surface area contributed by atoms with Gasteiger partial charge in [-0.15, -0.1) is 0 Å². The van der Waals surface area contributed by atoms with Crippen molar-refractivity contribution in [3.8, 4) is 0 Å². The maximum Gasteiger partial charge on any atom is 0.269 e. The summed E-state index contributed by atoms with van der Waals surface area (Å²) in [5, 5.41) is 13.8. The van der Waals surface area contributed by atoms with Crippen molar-refractivity contribution >= 4 is 23.2 Å². The Bertz CT molecular complexity index is 1150. The van der Waals surface area contributed by atoms with E-state index >= 15 is 0 Å². The summed E-state index contributed by atoms with van der Waals surface area (Å²) in [7, 11) is 1.75. The van der Waals surface area contributed by atoms with Crippen LogP contribution in [-0.4, -0.2) is 47.8 Å². The van der Waals surface area contributed by atoms with Gasteiger partial charge in [-0.25, -0.2) is 0 Å². The minimum atomic E-state index is -0.491. The lowest BCUT2D eigenvalue weighted by Gasteiger charge is -2.35. The maximum atomic E-state index is 13.1. The van der Waals surface area contributed by atoms with Gasteiger partial charge in [0, 0.05) is 49.6 Å². The van der Waals surface area contributed by atoms with E-state index in [0.29, 0.717) is 30.8 Å². The molecular weight excluding hydrogens is 436 g/mol. The zero-order valence-corrected chi connectivity index (χ0v) is 18.8. The highest BCUT2D eigenvalue weighted by atomic mass is 16.6. The van der Waals surface area contributed by atoms with E-state index in [1.165, 1.54) is 24.3 Å². The number of piperidine rings is 1. The van der Waals surface area contributed by atoms with E-state index in [9.17, 15) is 19.7 Å². The van der Waals surface area contributed by atoms with Gasteiger partial charge >= 0.3 is 0 Å². The largest absolute Gasteiger partial charge is 0.467 e. The number of nitrogens with one attached hydrogen (secondary N) is 1. The van der Waals surface area contributed by atoms with Gasteiger partial charge in [-0.05, 0) is 49.2 Å². The number of non-ortho nitro benzene ring substituents is 1. The number of carbonyl (C=O) groups is 2. The van der Waals surface area contributed by atoms with E-state index in [1.54, 1.807) is 24.3 Å². The number of nitro benzene ring substituents is 1. The average molecular weight is 463 g/mol. The minimum absolute atomic E-state index is 0.0107. The molecule has 0 bridgehead atoms. The Morgan fingerprint density at radius 3 is 2.44 bits per heavy atom. The number of furan rings is 1. The summed E-state index contributed by atoms with van der Waals surface area (Å²) in [4.78, 5) is 39.8. The number of anilines is 1. The lowest BCUT2D eigenvalue weighted by molar-refractivity contribution is -0.384. The molecule has 0 saturated carbocycles. The number of rotatable bonds is 7. The van der Waals surface area contributed by atoms with E-state index in [0.717, 1.165) is 24.3 Å². The lowest BCUT2D eigenvalue weighted by atomic mass is 10.0. The molecule has 0 spiro atoms. The summed E-state index contributed by atoms with van der Waals surface area (Å²) in [6, 6.07) is 16.8. The van der Waals surface area contributed by atoms with Crippen molar-refractivity contribution < 1.29 is 18.9 Å². The molecule has 1 aliphatic heterocycles. The fourth-order valence-electron chi connectivity index (χ4n) is 4.11. The molecule has 0 radical (unpaired) electrons. The first-order valence-electron chi connectivity index (χ1n) is 11.1. The molecular formula is C25H26N4O5. The maximum absolute atomic E-state index is 13.1. The predicted octanol–water partition coefficient (Wildman–Crippen LogP) is 3.86.